The van der Waals surface area contributed by atoms with Gasteiger partial charge in [0.25, 0.3) is 0 Å². The number of nitrogens with zero attached hydrogens (tertiary/aromatic N) is 1. The fourth-order valence-electron chi connectivity index (χ4n) is 14.0. The normalized spacial score (nSPS) is 12.9. The zero-order valence-electron chi connectivity index (χ0n) is 43.0. The standard InChI is InChI=1S/C76H47NSSi/c1-3-20-54(21-4-1)79(55-22-5-2-6-23-55)74-46-52(58-31-17-32-66-63-30-15-16-33-73(63)78-76(58)66)34-38-64(74)65-39-37-53(47-75(65)79)77-71-40-35-50(67-42-48-18-7-9-24-56(48)59-26-11-13-28-61(59)67)44-69(71)70-45-51(36-41-72(70)77)68-43-49-19-8-10-25-57(49)60-27-12-14-29-62(60)68/h1-47H. The van der Waals surface area contributed by atoms with Gasteiger partial charge in [0, 0.05) is 36.6 Å². The molecule has 1 aliphatic heterocycles. The predicted octanol–water partition coefficient (Wildman–Crippen LogP) is 18.1. The molecular weight excluding hydrogens is 987 g/mol. The summed E-state index contributed by atoms with van der Waals surface area (Å²) in [4.78, 5) is 0. The molecule has 17 rings (SSSR count). The van der Waals surface area contributed by atoms with E-state index in [4.69, 9.17) is 0 Å². The molecule has 3 heteroatoms. The van der Waals surface area contributed by atoms with Crippen molar-refractivity contribution in [2.75, 3.05) is 0 Å². The van der Waals surface area contributed by atoms with E-state index >= 15 is 0 Å². The molecule has 0 aliphatic carbocycles. The highest BCUT2D eigenvalue weighted by atomic mass is 32.1. The van der Waals surface area contributed by atoms with Crippen molar-refractivity contribution in [2.45, 2.75) is 0 Å². The molecule has 0 bridgehead atoms. The molecule has 0 N–H and O–H groups in total. The fraction of sp³-hybridized carbons (Fsp3) is 0. The average molecular weight is 1030 g/mol. The lowest BCUT2D eigenvalue weighted by Crippen LogP contribution is -2.72. The first-order chi connectivity index (χ1) is 39.2. The molecule has 366 valence electrons. The minimum atomic E-state index is -2.98. The zero-order chi connectivity index (χ0) is 51.8. The van der Waals surface area contributed by atoms with Gasteiger partial charge in [-0.25, -0.2) is 0 Å². The predicted molar refractivity (Wildman–Crippen MR) is 343 cm³/mol. The quantitative estimate of drug-likeness (QED) is 0.116. The van der Waals surface area contributed by atoms with Crippen molar-refractivity contribution in [3.8, 4) is 50.2 Å². The largest absolute Gasteiger partial charge is 0.309 e. The third kappa shape index (κ3) is 6.49. The summed E-state index contributed by atoms with van der Waals surface area (Å²) in [6, 6.07) is 108. The molecule has 1 nitrogen and oxygen atoms in total. The minimum absolute atomic E-state index is 1.17. The lowest BCUT2D eigenvalue weighted by molar-refractivity contribution is 1.18. The first-order valence-corrected chi connectivity index (χ1v) is 30.2. The van der Waals surface area contributed by atoms with Crippen LogP contribution in [0.5, 0.6) is 0 Å². The van der Waals surface area contributed by atoms with Crippen LogP contribution in [-0.2, 0) is 0 Å². The Balaban J connectivity index is 0.927. The summed E-state index contributed by atoms with van der Waals surface area (Å²) in [7, 11) is -2.98. The van der Waals surface area contributed by atoms with E-state index in [0.717, 1.165) is 0 Å². The van der Waals surface area contributed by atoms with Crippen LogP contribution >= 0.6 is 11.3 Å². The van der Waals surface area contributed by atoms with Gasteiger partial charge in [0.2, 0.25) is 0 Å². The van der Waals surface area contributed by atoms with Gasteiger partial charge in [0.15, 0.2) is 8.07 Å². The van der Waals surface area contributed by atoms with Crippen LogP contribution in [0, 0.1) is 0 Å². The molecule has 0 saturated heterocycles. The molecule has 0 spiro atoms. The van der Waals surface area contributed by atoms with Gasteiger partial charge in [-0.3, -0.25) is 0 Å². The average Bonchev–Trinajstić information content (AvgIpc) is 4.28. The molecule has 14 aromatic carbocycles. The van der Waals surface area contributed by atoms with E-state index in [1.54, 1.807) is 0 Å². The van der Waals surface area contributed by atoms with E-state index in [1.807, 2.05) is 11.3 Å². The topological polar surface area (TPSA) is 4.93 Å². The maximum absolute atomic E-state index is 2.98. The van der Waals surface area contributed by atoms with Gasteiger partial charge in [0.05, 0.1) is 11.0 Å². The number of aromatic nitrogens is 1. The first-order valence-electron chi connectivity index (χ1n) is 27.4. The number of thiophene rings is 1. The second-order valence-electron chi connectivity index (χ2n) is 21.4. The van der Waals surface area contributed by atoms with Crippen LogP contribution in [-0.4, -0.2) is 12.6 Å². The molecular formula is C76H47NSSi. The van der Waals surface area contributed by atoms with E-state index in [1.165, 1.54) is 156 Å². The summed E-state index contributed by atoms with van der Waals surface area (Å²) >= 11 is 1.91. The molecule has 0 unspecified atom stereocenters. The second kappa shape index (κ2) is 17.2. The third-order valence-corrected chi connectivity index (χ3v) is 23.5. The van der Waals surface area contributed by atoms with E-state index < -0.39 is 8.07 Å². The van der Waals surface area contributed by atoms with Crippen LogP contribution in [0.2, 0.25) is 0 Å². The number of hydrogen-bond donors (Lipinski definition) is 0. The second-order valence-corrected chi connectivity index (χ2v) is 26.2. The Morgan fingerprint density at radius 1 is 0.266 bits per heavy atom. The van der Waals surface area contributed by atoms with Crippen LogP contribution in [0.25, 0.3) is 135 Å². The highest BCUT2D eigenvalue weighted by Crippen LogP contribution is 2.45. The van der Waals surface area contributed by atoms with E-state index in [0.29, 0.717) is 0 Å². The summed E-state index contributed by atoms with van der Waals surface area (Å²) < 4.78 is 5.22. The number of rotatable bonds is 6. The van der Waals surface area contributed by atoms with Crippen molar-refractivity contribution in [3.63, 3.8) is 0 Å². The van der Waals surface area contributed by atoms with Gasteiger partial charge >= 0.3 is 0 Å². The maximum Gasteiger partial charge on any atom is 0.180 e. The Kier molecular flexibility index (Phi) is 9.67. The lowest BCUT2D eigenvalue weighted by atomic mass is 9.92. The summed E-state index contributed by atoms with van der Waals surface area (Å²) in [5.74, 6) is 0. The maximum atomic E-state index is 2.59. The van der Waals surface area contributed by atoms with Crippen molar-refractivity contribution in [1.29, 1.82) is 0 Å². The molecule has 1 aliphatic rings. The van der Waals surface area contributed by atoms with Gasteiger partial charge < -0.3 is 4.57 Å². The Morgan fingerprint density at radius 3 is 1.32 bits per heavy atom. The van der Waals surface area contributed by atoms with Crippen LogP contribution < -0.4 is 20.7 Å². The molecule has 0 amide bonds. The summed E-state index contributed by atoms with van der Waals surface area (Å²) in [5, 5.41) is 20.9. The van der Waals surface area contributed by atoms with Crippen molar-refractivity contribution >= 4 is 125 Å². The van der Waals surface area contributed by atoms with Gasteiger partial charge in [-0.2, -0.15) is 0 Å². The molecule has 2 aromatic heterocycles. The SMILES string of the molecule is c1ccc([Si]2(c3ccccc3)c3cc(-c4cccc5c4sc4ccccc45)ccc3-c3ccc(-n4c5ccc(-c6cc7ccccc7c7ccccc67)cc5c5cc(-c6cc7ccccc7c7ccccc67)ccc54)cc32)cc1. The van der Waals surface area contributed by atoms with Crippen LogP contribution in [0.1, 0.15) is 0 Å². The Labute approximate surface area is 462 Å². The molecule has 3 heterocycles. The van der Waals surface area contributed by atoms with Crippen molar-refractivity contribution in [2.24, 2.45) is 0 Å². The van der Waals surface area contributed by atoms with Crippen molar-refractivity contribution in [1.82, 2.24) is 4.57 Å². The number of benzene rings is 14. The Hall–Kier alpha value is -9.64. The summed E-state index contributed by atoms with van der Waals surface area (Å²) in [6.45, 7) is 0. The zero-order valence-corrected chi connectivity index (χ0v) is 44.8. The summed E-state index contributed by atoms with van der Waals surface area (Å²) in [6.07, 6.45) is 0. The molecule has 0 fully saturated rings. The molecule has 0 saturated carbocycles. The Morgan fingerprint density at radius 2 is 0.722 bits per heavy atom. The van der Waals surface area contributed by atoms with E-state index in [2.05, 4.69) is 290 Å². The first kappa shape index (κ1) is 44.5. The molecule has 79 heavy (non-hydrogen) atoms. The molecule has 0 atom stereocenters. The lowest BCUT2D eigenvalue weighted by Gasteiger charge is -2.32. The van der Waals surface area contributed by atoms with Gasteiger partial charge in [-0.1, -0.05) is 231 Å². The molecule has 16 aromatic rings. The van der Waals surface area contributed by atoms with Gasteiger partial charge in [-0.15, -0.1) is 11.3 Å². The van der Waals surface area contributed by atoms with E-state index in [9.17, 15) is 0 Å². The van der Waals surface area contributed by atoms with Gasteiger partial charge in [-0.05, 0) is 163 Å². The van der Waals surface area contributed by atoms with E-state index in [-0.39, 0.29) is 0 Å². The minimum Gasteiger partial charge on any atom is -0.309 e. The van der Waals surface area contributed by atoms with Crippen LogP contribution in [0.3, 0.4) is 0 Å². The fourth-order valence-corrected chi connectivity index (χ4v) is 20.5. The van der Waals surface area contributed by atoms with Crippen molar-refractivity contribution < 1.29 is 0 Å². The smallest absolute Gasteiger partial charge is 0.180 e. The summed E-state index contributed by atoms with van der Waals surface area (Å²) in [5.41, 5.74) is 13.6. The third-order valence-electron chi connectivity index (χ3n) is 17.4. The number of hydrogen-bond acceptors (Lipinski definition) is 1. The van der Waals surface area contributed by atoms with Crippen molar-refractivity contribution in [3.05, 3.63) is 285 Å². The van der Waals surface area contributed by atoms with Crippen LogP contribution in [0.15, 0.2) is 285 Å². The highest BCUT2D eigenvalue weighted by molar-refractivity contribution is 7.26. The molecule has 0 radical (unpaired) electrons. The number of fused-ring (bicyclic) bond motifs is 15. The van der Waals surface area contributed by atoms with Crippen LogP contribution in [0.4, 0.5) is 0 Å². The van der Waals surface area contributed by atoms with Gasteiger partial charge in [0.1, 0.15) is 0 Å². The Bertz CT molecular complexity index is 4990. The highest BCUT2D eigenvalue weighted by Gasteiger charge is 2.49. The monoisotopic (exact) mass is 1030 g/mol.